The van der Waals surface area contributed by atoms with Crippen LogP contribution in [0.1, 0.15) is 23.2 Å². The normalized spacial score (nSPS) is 9.92. The van der Waals surface area contributed by atoms with E-state index < -0.39 is 17.8 Å². The number of carbonyl (C=O) groups excluding carboxylic acids is 2. The van der Waals surface area contributed by atoms with Gasteiger partial charge in [0.25, 0.3) is 11.8 Å². The zero-order valence-electron chi connectivity index (χ0n) is 13.5. The number of carboxylic acid groups (broad SMARTS) is 1. The second-order valence-corrected chi connectivity index (χ2v) is 4.72. The quantitative estimate of drug-likeness (QED) is 0.516. The van der Waals surface area contributed by atoms with Gasteiger partial charge in [-0.1, -0.05) is 0 Å². The summed E-state index contributed by atoms with van der Waals surface area (Å²) in [7, 11) is 2.75. The standard InChI is InChI=1S/C15H20N2O7/c1-22-10-6-9(15(21)17-5-3-4-13(19)20)7-11(23-2)14(10)24-8-12(16)18/h6-7H,3-5,8H2,1-2H3,(H2,16,18)(H,17,21)(H,19,20). The van der Waals surface area contributed by atoms with Gasteiger partial charge < -0.3 is 30.4 Å². The molecule has 9 heteroatoms. The monoisotopic (exact) mass is 340 g/mol. The van der Waals surface area contributed by atoms with E-state index in [1.165, 1.54) is 26.4 Å². The minimum atomic E-state index is -0.927. The van der Waals surface area contributed by atoms with Gasteiger partial charge in [0.15, 0.2) is 18.1 Å². The maximum absolute atomic E-state index is 12.1. The van der Waals surface area contributed by atoms with Crippen LogP contribution < -0.4 is 25.3 Å². The zero-order chi connectivity index (χ0) is 18.1. The van der Waals surface area contributed by atoms with Crippen molar-refractivity contribution in [3.05, 3.63) is 17.7 Å². The van der Waals surface area contributed by atoms with Crippen molar-refractivity contribution in [2.24, 2.45) is 5.73 Å². The lowest BCUT2D eigenvalue weighted by Crippen LogP contribution is -2.25. The molecule has 1 rings (SSSR count). The number of nitrogens with one attached hydrogen (secondary N) is 1. The molecule has 1 aromatic rings. The van der Waals surface area contributed by atoms with Gasteiger partial charge in [0.05, 0.1) is 14.2 Å². The minimum Gasteiger partial charge on any atom is -0.493 e. The molecular formula is C15H20N2O7. The number of benzene rings is 1. The Morgan fingerprint density at radius 3 is 2.21 bits per heavy atom. The molecule has 0 spiro atoms. The highest BCUT2D eigenvalue weighted by atomic mass is 16.5. The first-order valence-electron chi connectivity index (χ1n) is 7.06. The first-order chi connectivity index (χ1) is 11.4. The van der Waals surface area contributed by atoms with Crippen LogP contribution in [0.4, 0.5) is 0 Å². The van der Waals surface area contributed by atoms with Crippen LogP contribution in [-0.2, 0) is 9.59 Å². The van der Waals surface area contributed by atoms with Crippen molar-refractivity contribution in [1.29, 1.82) is 0 Å². The number of ether oxygens (including phenoxy) is 3. The third-order valence-electron chi connectivity index (χ3n) is 2.93. The van der Waals surface area contributed by atoms with Crippen molar-refractivity contribution in [3.63, 3.8) is 0 Å². The first kappa shape index (κ1) is 19.1. The van der Waals surface area contributed by atoms with Crippen molar-refractivity contribution in [2.75, 3.05) is 27.4 Å². The molecule has 0 aromatic heterocycles. The molecule has 0 saturated carbocycles. The molecular weight excluding hydrogens is 320 g/mol. The molecule has 0 aliphatic heterocycles. The Morgan fingerprint density at radius 2 is 1.75 bits per heavy atom. The number of nitrogens with two attached hydrogens (primary N) is 1. The lowest BCUT2D eigenvalue weighted by Gasteiger charge is -2.15. The van der Waals surface area contributed by atoms with Gasteiger partial charge in [-0.3, -0.25) is 14.4 Å². The van der Waals surface area contributed by atoms with E-state index in [0.29, 0.717) is 6.42 Å². The predicted molar refractivity (Wildman–Crippen MR) is 83.4 cm³/mol. The van der Waals surface area contributed by atoms with Gasteiger partial charge in [0.1, 0.15) is 0 Å². The summed E-state index contributed by atoms with van der Waals surface area (Å²) in [5.74, 6) is -1.46. The van der Waals surface area contributed by atoms with E-state index in [0.717, 1.165) is 0 Å². The van der Waals surface area contributed by atoms with Crippen LogP contribution in [0, 0.1) is 0 Å². The Balaban J connectivity index is 2.90. The highest BCUT2D eigenvalue weighted by Crippen LogP contribution is 2.38. The van der Waals surface area contributed by atoms with E-state index in [2.05, 4.69) is 5.32 Å². The van der Waals surface area contributed by atoms with Gasteiger partial charge in [0, 0.05) is 18.5 Å². The van der Waals surface area contributed by atoms with Crippen LogP contribution in [0.25, 0.3) is 0 Å². The smallest absolute Gasteiger partial charge is 0.303 e. The van der Waals surface area contributed by atoms with Gasteiger partial charge in [0.2, 0.25) is 5.75 Å². The largest absolute Gasteiger partial charge is 0.493 e. The van der Waals surface area contributed by atoms with E-state index in [1.54, 1.807) is 0 Å². The number of amides is 2. The fraction of sp³-hybridized carbons (Fsp3) is 0.400. The molecule has 1 aromatic carbocycles. The number of rotatable bonds is 10. The minimum absolute atomic E-state index is 0.0349. The summed E-state index contributed by atoms with van der Waals surface area (Å²) in [6.45, 7) is -0.150. The highest BCUT2D eigenvalue weighted by molar-refractivity contribution is 5.95. The summed E-state index contributed by atoms with van der Waals surface area (Å²) in [4.78, 5) is 33.4. The molecule has 0 radical (unpaired) electrons. The molecule has 0 heterocycles. The van der Waals surface area contributed by atoms with Crippen molar-refractivity contribution < 1.29 is 33.7 Å². The van der Waals surface area contributed by atoms with Gasteiger partial charge >= 0.3 is 5.97 Å². The topological polar surface area (TPSA) is 137 Å². The molecule has 0 fully saturated rings. The number of methoxy groups -OCH3 is 2. The van der Waals surface area contributed by atoms with Crippen molar-refractivity contribution in [3.8, 4) is 17.2 Å². The fourth-order valence-corrected chi connectivity index (χ4v) is 1.84. The summed E-state index contributed by atoms with van der Waals surface area (Å²) >= 11 is 0. The zero-order valence-corrected chi connectivity index (χ0v) is 13.5. The van der Waals surface area contributed by atoms with E-state index in [9.17, 15) is 14.4 Å². The number of carboxylic acids is 1. The lowest BCUT2D eigenvalue weighted by atomic mass is 10.1. The fourth-order valence-electron chi connectivity index (χ4n) is 1.84. The van der Waals surface area contributed by atoms with Gasteiger partial charge in [-0.05, 0) is 18.6 Å². The van der Waals surface area contributed by atoms with E-state index >= 15 is 0 Å². The highest BCUT2D eigenvalue weighted by Gasteiger charge is 2.18. The SMILES string of the molecule is COc1cc(C(=O)NCCCC(=O)O)cc(OC)c1OCC(N)=O. The Labute approximate surface area is 138 Å². The maximum Gasteiger partial charge on any atom is 0.303 e. The van der Waals surface area contributed by atoms with Crippen LogP contribution in [0.2, 0.25) is 0 Å². The van der Waals surface area contributed by atoms with Gasteiger partial charge in [-0.15, -0.1) is 0 Å². The van der Waals surface area contributed by atoms with Crippen molar-refractivity contribution in [2.45, 2.75) is 12.8 Å². The summed E-state index contributed by atoms with van der Waals surface area (Å²) < 4.78 is 15.6. The second-order valence-electron chi connectivity index (χ2n) is 4.72. The van der Waals surface area contributed by atoms with Crippen molar-refractivity contribution >= 4 is 17.8 Å². The Hall–Kier alpha value is -2.97. The van der Waals surface area contributed by atoms with E-state index in [-0.39, 0.29) is 42.4 Å². The van der Waals surface area contributed by atoms with Crippen LogP contribution >= 0.6 is 0 Å². The molecule has 2 amide bonds. The average Bonchev–Trinajstić information content (AvgIpc) is 2.55. The van der Waals surface area contributed by atoms with Crippen LogP contribution in [0.5, 0.6) is 17.2 Å². The van der Waals surface area contributed by atoms with Gasteiger partial charge in [-0.25, -0.2) is 0 Å². The molecule has 0 atom stereocenters. The summed E-state index contributed by atoms with van der Waals surface area (Å²) in [6.07, 6.45) is 0.280. The van der Waals surface area contributed by atoms with E-state index in [1.807, 2.05) is 0 Å². The van der Waals surface area contributed by atoms with Crippen LogP contribution in [0.3, 0.4) is 0 Å². The summed E-state index contributed by atoms with van der Waals surface area (Å²) in [5.41, 5.74) is 5.28. The van der Waals surface area contributed by atoms with Crippen molar-refractivity contribution in [1.82, 2.24) is 5.32 Å². The maximum atomic E-state index is 12.1. The van der Waals surface area contributed by atoms with Gasteiger partial charge in [-0.2, -0.15) is 0 Å². The Morgan fingerprint density at radius 1 is 1.17 bits per heavy atom. The number of carbonyl (C=O) groups is 3. The number of hydrogen-bond donors (Lipinski definition) is 3. The third kappa shape index (κ3) is 5.67. The second kappa shape index (κ2) is 9.23. The molecule has 4 N–H and O–H groups in total. The third-order valence-corrected chi connectivity index (χ3v) is 2.93. The predicted octanol–water partition coefficient (Wildman–Crippen LogP) is 0.163. The molecule has 0 aliphatic carbocycles. The number of hydrogen-bond acceptors (Lipinski definition) is 6. The molecule has 0 bridgehead atoms. The number of primary amides is 1. The van der Waals surface area contributed by atoms with Crippen LogP contribution in [0.15, 0.2) is 12.1 Å². The number of aliphatic carboxylic acids is 1. The molecule has 0 unspecified atom stereocenters. The molecule has 0 aliphatic rings. The molecule has 0 saturated heterocycles. The molecule has 24 heavy (non-hydrogen) atoms. The summed E-state index contributed by atoms with van der Waals surface area (Å²) in [6, 6.07) is 2.84. The Kier molecular flexibility index (Phi) is 7.34. The van der Waals surface area contributed by atoms with E-state index in [4.69, 9.17) is 25.1 Å². The lowest BCUT2D eigenvalue weighted by molar-refractivity contribution is -0.137. The summed E-state index contributed by atoms with van der Waals surface area (Å²) in [5, 5.41) is 11.2. The average molecular weight is 340 g/mol. The first-order valence-corrected chi connectivity index (χ1v) is 7.06. The van der Waals surface area contributed by atoms with Crippen LogP contribution in [-0.4, -0.2) is 50.3 Å². The Bertz CT molecular complexity index is 591. The molecule has 132 valence electrons. The molecule has 9 nitrogen and oxygen atoms in total.